The molecule has 0 aliphatic carbocycles. The van der Waals surface area contributed by atoms with E-state index in [0.717, 1.165) is 12.8 Å². The molecule has 1 amide bonds. The lowest BCUT2D eigenvalue weighted by molar-refractivity contribution is -0.120. The molecule has 0 aliphatic rings. The van der Waals surface area contributed by atoms with Crippen molar-refractivity contribution in [2.45, 2.75) is 32.4 Å². The second kappa shape index (κ2) is 5.50. The van der Waals surface area contributed by atoms with E-state index in [0.29, 0.717) is 6.54 Å². The van der Waals surface area contributed by atoms with Crippen molar-refractivity contribution in [3.05, 3.63) is 18.0 Å². The first-order valence-corrected chi connectivity index (χ1v) is 5.15. The lowest BCUT2D eigenvalue weighted by Crippen LogP contribution is -2.42. The molecule has 0 aromatic carbocycles. The number of likely N-dealkylation sites (N-methyl/N-ethyl adjacent to an activating group) is 1. The predicted octanol–water partition coefficient (Wildman–Crippen LogP) is -0.0911. The number of carbonyl (C=O) groups is 1. The maximum Gasteiger partial charge on any atom is 0.236 e. The van der Waals surface area contributed by atoms with E-state index in [2.05, 4.69) is 17.3 Å². The van der Waals surface area contributed by atoms with Gasteiger partial charge in [-0.15, -0.1) is 0 Å². The molecule has 0 aliphatic heterocycles. The van der Waals surface area contributed by atoms with E-state index in [-0.39, 0.29) is 11.9 Å². The van der Waals surface area contributed by atoms with Gasteiger partial charge in [0, 0.05) is 6.20 Å². The number of hydrogen-bond acceptors (Lipinski definition) is 3. The first-order chi connectivity index (χ1) is 7.17. The summed E-state index contributed by atoms with van der Waals surface area (Å²) in [7, 11) is 1.71. The third-order valence-corrected chi connectivity index (χ3v) is 2.29. The second-order valence-electron chi connectivity index (χ2n) is 3.56. The molecule has 0 bridgehead atoms. The van der Waals surface area contributed by atoms with Gasteiger partial charge in [-0.25, -0.2) is 0 Å². The van der Waals surface area contributed by atoms with Crippen molar-refractivity contribution >= 4 is 5.91 Å². The minimum absolute atomic E-state index is 0.356. The summed E-state index contributed by atoms with van der Waals surface area (Å²) in [5, 5.41) is 7.03. The van der Waals surface area contributed by atoms with E-state index in [1.807, 2.05) is 12.4 Å². The number of aromatic nitrogens is 2. The van der Waals surface area contributed by atoms with Gasteiger partial charge in [-0.3, -0.25) is 9.48 Å². The lowest BCUT2D eigenvalue weighted by Gasteiger charge is -2.11. The molecular formula is C10H18N4O. The average molecular weight is 210 g/mol. The molecule has 0 radical (unpaired) electrons. The molecule has 0 saturated carbocycles. The van der Waals surface area contributed by atoms with Crippen LogP contribution in [0.5, 0.6) is 0 Å². The molecule has 1 aromatic rings. The summed E-state index contributed by atoms with van der Waals surface area (Å²) in [4.78, 5) is 11.0. The second-order valence-corrected chi connectivity index (χ2v) is 3.56. The third kappa shape index (κ3) is 3.36. The Balaban J connectivity index is 2.59. The zero-order valence-electron chi connectivity index (χ0n) is 9.23. The van der Waals surface area contributed by atoms with Gasteiger partial charge in [0.05, 0.1) is 12.7 Å². The number of aryl methyl sites for hydroxylation is 1. The quantitative estimate of drug-likeness (QED) is 0.689. The van der Waals surface area contributed by atoms with E-state index in [1.165, 1.54) is 5.56 Å². The molecule has 1 unspecified atom stereocenters. The summed E-state index contributed by atoms with van der Waals surface area (Å²) in [5.74, 6) is -0.356. The molecular weight excluding hydrogens is 192 g/mol. The van der Waals surface area contributed by atoms with Crippen molar-refractivity contribution in [1.29, 1.82) is 0 Å². The van der Waals surface area contributed by atoms with Crippen LogP contribution in [-0.4, -0.2) is 28.8 Å². The van der Waals surface area contributed by atoms with Crippen LogP contribution in [0.2, 0.25) is 0 Å². The van der Waals surface area contributed by atoms with Crippen LogP contribution in [0, 0.1) is 0 Å². The maximum absolute atomic E-state index is 11.0. The number of nitrogens with one attached hydrogen (secondary N) is 1. The van der Waals surface area contributed by atoms with Crippen molar-refractivity contribution in [3.63, 3.8) is 0 Å². The number of nitrogens with zero attached hydrogens (tertiary/aromatic N) is 2. The molecule has 0 fully saturated rings. The monoisotopic (exact) mass is 210 g/mol. The lowest BCUT2D eigenvalue weighted by atomic mass is 10.2. The fourth-order valence-electron chi connectivity index (χ4n) is 1.43. The summed E-state index contributed by atoms with van der Waals surface area (Å²) in [6.45, 7) is 2.60. The predicted molar refractivity (Wildman–Crippen MR) is 58.3 cm³/mol. The molecule has 15 heavy (non-hydrogen) atoms. The van der Waals surface area contributed by atoms with Crippen LogP contribution >= 0.6 is 0 Å². The minimum Gasteiger partial charge on any atom is -0.368 e. The molecule has 1 aromatic heterocycles. The Morgan fingerprint density at radius 1 is 1.73 bits per heavy atom. The molecule has 84 valence electrons. The van der Waals surface area contributed by atoms with Gasteiger partial charge in [0.2, 0.25) is 5.91 Å². The zero-order valence-corrected chi connectivity index (χ0v) is 9.23. The zero-order chi connectivity index (χ0) is 11.3. The Hall–Kier alpha value is -1.36. The first kappa shape index (κ1) is 11.7. The van der Waals surface area contributed by atoms with E-state index >= 15 is 0 Å². The third-order valence-electron chi connectivity index (χ3n) is 2.29. The summed E-state index contributed by atoms with van der Waals surface area (Å²) >= 11 is 0. The van der Waals surface area contributed by atoms with Crippen LogP contribution in [0.3, 0.4) is 0 Å². The molecule has 1 atom stereocenters. The van der Waals surface area contributed by atoms with Gasteiger partial charge >= 0.3 is 0 Å². The van der Waals surface area contributed by atoms with Crippen LogP contribution in [0.4, 0.5) is 0 Å². The first-order valence-electron chi connectivity index (χ1n) is 5.15. The van der Waals surface area contributed by atoms with Crippen molar-refractivity contribution in [2.24, 2.45) is 5.73 Å². The summed E-state index contributed by atoms with van der Waals surface area (Å²) in [6.07, 6.45) is 5.89. The molecule has 3 N–H and O–H groups in total. The van der Waals surface area contributed by atoms with Crippen LogP contribution in [0.15, 0.2) is 12.4 Å². The van der Waals surface area contributed by atoms with Crippen LogP contribution < -0.4 is 11.1 Å². The van der Waals surface area contributed by atoms with E-state index < -0.39 is 0 Å². The molecule has 0 saturated heterocycles. The molecule has 5 heteroatoms. The molecule has 5 nitrogen and oxygen atoms in total. The van der Waals surface area contributed by atoms with Gasteiger partial charge in [0.25, 0.3) is 0 Å². The van der Waals surface area contributed by atoms with Crippen LogP contribution in [0.1, 0.15) is 18.9 Å². The number of nitrogens with two attached hydrogens (primary N) is 1. The van der Waals surface area contributed by atoms with Crippen molar-refractivity contribution in [3.8, 4) is 0 Å². The molecule has 1 heterocycles. The van der Waals surface area contributed by atoms with Crippen molar-refractivity contribution < 1.29 is 4.79 Å². The highest BCUT2D eigenvalue weighted by Crippen LogP contribution is 2.02. The maximum atomic E-state index is 11.0. The number of hydrogen-bond donors (Lipinski definition) is 2. The summed E-state index contributed by atoms with van der Waals surface area (Å²) in [6, 6.07) is -0.362. The van der Waals surface area contributed by atoms with E-state index in [1.54, 1.807) is 11.7 Å². The van der Waals surface area contributed by atoms with Crippen molar-refractivity contribution in [1.82, 2.24) is 15.1 Å². The van der Waals surface area contributed by atoms with Gasteiger partial charge in [-0.05, 0) is 19.0 Å². The number of rotatable bonds is 6. The fraction of sp³-hybridized carbons (Fsp3) is 0.600. The minimum atomic E-state index is -0.362. The van der Waals surface area contributed by atoms with Gasteiger partial charge in [-0.1, -0.05) is 13.3 Å². The highest BCUT2D eigenvalue weighted by Gasteiger charge is 2.13. The number of carbonyl (C=O) groups excluding carboxylic acids is 1. The summed E-state index contributed by atoms with van der Waals surface area (Å²) < 4.78 is 1.75. The summed E-state index contributed by atoms with van der Waals surface area (Å²) in [5.41, 5.74) is 6.41. The van der Waals surface area contributed by atoms with E-state index in [4.69, 9.17) is 5.73 Å². The normalized spacial score (nSPS) is 12.7. The highest BCUT2D eigenvalue weighted by molar-refractivity contribution is 5.79. The average Bonchev–Trinajstić information content (AvgIpc) is 2.62. The Bertz CT molecular complexity index is 321. The largest absolute Gasteiger partial charge is 0.368 e. The van der Waals surface area contributed by atoms with Gasteiger partial charge in [0.1, 0.15) is 6.04 Å². The number of amides is 1. The SMILES string of the molecule is CCCc1cnn(CC(NC)C(N)=O)c1. The van der Waals surface area contributed by atoms with Gasteiger partial charge in [0.15, 0.2) is 0 Å². The van der Waals surface area contributed by atoms with Crippen molar-refractivity contribution in [2.75, 3.05) is 7.05 Å². The Kier molecular flexibility index (Phi) is 4.30. The van der Waals surface area contributed by atoms with E-state index in [9.17, 15) is 4.79 Å². The van der Waals surface area contributed by atoms with Crippen LogP contribution in [-0.2, 0) is 17.8 Å². The Morgan fingerprint density at radius 2 is 2.47 bits per heavy atom. The Labute approximate surface area is 89.6 Å². The molecule has 1 rings (SSSR count). The number of primary amides is 1. The molecule has 0 spiro atoms. The standard InChI is InChI=1S/C10H18N4O/c1-3-4-8-5-13-14(6-8)7-9(12-2)10(11)15/h5-6,9,12H,3-4,7H2,1-2H3,(H2,11,15). The topological polar surface area (TPSA) is 72.9 Å². The Morgan fingerprint density at radius 3 is 3.00 bits per heavy atom. The van der Waals surface area contributed by atoms with Gasteiger partial charge < -0.3 is 11.1 Å². The van der Waals surface area contributed by atoms with Crippen LogP contribution in [0.25, 0.3) is 0 Å². The fourth-order valence-corrected chi connectivity index (χ4v) is 1.43. The van der Waals surface area contributed by atoms with Gasteiger partial charge in [-0.2, -0.15) is 5.10 Å². The highest BCUT2D eigenvalue weighted by atomic mass is 16.1. The smallest absolute Gasteiger partial charge is 0.236 e.